The second-order valence-electron chi connectivity index (χ2n) is 9.21. The fourth-order valence-electron chi connectivity index (χ4n) is 5.10. The summed E-state index contributed by atoms with van der Waals surface area (Å²) < 4.78 is 13.2. The van der Waals surface area contributed by atoms with E-state index in [1.807, 2.05) is 28.9 Å². The minimum absolute atomic E-state index is 0.0834. The molecule has 1 atom stereocenters. The Morgan fingerprint density at radius 1 is 1.15 bits per heavy atom. The molecule has 3 aromatic rings. The van der Waals surface area contributed by atoms with Crippen molar-refractivity contribution in [1.82, 2.24) is 30.1 Å². The quantitative estimate of drug-likeness (QED) is 0.560. The van der Waals surface area contributed by atoms with Gasteiger partial charge in [0.05, 0.1) is 31.3 Å². The average Bonchev–Trinajstić information content (AvgIpc) is 3.52. The summed E-state index contributed by atoms with van der Waals surface area (Å²) in [6.07, 6.45) is 8.27. The van der Waals surface area contributed by atoms with Gasteiger partial charge in [0, 0.05) is 31.3 Å². The summed E-state index contributed by atoms with van der Waals surface area (Å²) in [6.45, 7) is 2.65. The van der Waals surface area contributed by atoms with Gasteiger partial charge in [-0.25, -0.2) is 4.68 Å². The highest BCUT2D eigenvalue weighted by molar-refractivity contribution is 5.80. The smallest absolute Gasteiger partial charge is 0.252 e. The number of nitrogens with zero attached hydrogens (tertiary/aromatic N) is 5. The fourth-order valence-corrected chi connectivity index (χ4v) is 5.10. The molecule has 1 N–H and O–H groups in total. The predicted molar refractivity (Wildman–Crippen MR) is 124 cm³/mol. The number of nitrogens with one attached hydrogen (secondary N) is 1. The number of aromatic amines is 1. The Balaban J connectivity index is 1.40. The highest BCUT2D eigenvalue weighted by Crippen LogP contribution is 2.28. The van der Waals surface area contributed by atoms with Gasteiger partial charge in [0.2, 0.25) is 0 Å². The zero-order valence-electron chi connectivity index (χ0n) is 19.2. The Labute approximate surface area is 193 Å². The zero-order valence-corrected chi connectivity index (χ0v) is 19.2. The second kappa shape index (κ2) is 10.0. The van der Waals surface area contributed by atoms with Crippen LogP contribution in [0.2, 0.25) is 0 Å². The first-order valence-electron chi connectivity index (χ1n) is 12.0. The molecule has 1 unspecified atom stereocenters. The average molecular weight is 453 g/mol. The minimum Gasteiger partial charge on any atom is -0.497 e. The summed E-state index contributed by atoms with van der Waals surface area (Å²) in [4.78, 5) is 18.2. The van der Waals surface area contributed by atoms with Crippen molar-refractivity contribution in [3.05, 3.63) is 46.0 Å². The van der Waals surface area contributed by atoms with Crippen molar-refractivity contribution in [1.29, 1.82) is 0 Å². The first kappa shape index (κ1) is 22.0. The first-order valence-corrected chi connectivity index (χ1v) is 12.0. The molecule has 1 aromatic carbocycles. The van der Waals surface area contributed by atoms with Crippen molar-refractivity contribution in [3.63, 3.8) is 0 Å². The lowest BCUT2D eigenvalue weighted by molar-refractivity contribution is 0.0659. The van der Waals surface area contributed by atoms with E-state index < -0.39 is 0 Å². The molecule has 0 bridgehead atoms. The van der Waals surface area contributed by atoms with Crippen molar-refractivity contribution >= 4 is 10.9 Å². The van der Waals surface area contributed by atoms with E-state index >= 15 is 0 Å². The van der Waals surface area contributed by atoms with E-state index in [0.717, 1.165) is 66.9 Å². The molecule has 0 radical (unpaired) electrons. The number of H-pyrrole nitrogens is 1. The van der Waals surface area contributed by atoms with Crippen LogP contribution in [0.3, 0.4) is 0 Å². The van der Waals surface area contributed by atoms with Gasteiger partial charge in [0.25, 0.3) is 5.56 Å². The molecule has 176 valence electrons. The lowest BCUT2D eigenvalue weighted by Gasteiger charge is -2.27. The third-order valence-corrected chi connectivity index (χ3v) is 6.86. The maximum atomic E-state index is 12.9. The van der Waals surface area contributed by atoms with Crippen LogP contribution >= 0.6 is 0 Å². The number of aromatic nitrogens is 5. The molecule has 1 saturated carbocycles. The zero-order chi connectivity index (χ0) is 22.6. The van der Waals surface area contributed by atoms with Crippen LogP contribution in [-0.4, -0.2) is 56.5 Å². The molecule has 33 heavy (non-hydrogen) atoms. The summed E-state index contributed by atoms with van der Waals surface area (Å²) in [5, 5.41) is 13.7. The number of methoxy groups -OCH3 is 1. The Bertz CT molecular complexity index is 1130. The van der Waals surface area contributed by atoms with E-state index in [-0.39, 0.29) is 11.7 Å². The molecule has 1 aliphatic heterocycles. The van der Waals surface area contributed by atoms with Crippen molar-refractivity contribution in [2.45, 2.75) is 70.2 Å². The van der Waals surface area contributed by atoms with Crippen LogP contribution in [0.1, 0.15) is 62.4 Å². The van der Waals surface area contributed by atoms with Crippen molar-refractivity contribution in [2.75, 3.05) is 20.3 Å². The number of tetrazole rings is 1. The molecule has 2 aromatic heterocycles. The van der Waals surface area contributed by atoms with Crippen molar-refractivity contribution in [3.8, 4) is 5.75 Å². The van der Waals surface area contributed by atoms with E-state index in [1.165, 1.54) is 19.3 Å². The molecule has 5 rings (SSSR count). The predicted octanol–water partition coefficient (Wildman–Crippen LogP) is 3.21. The molecule has 1 saturated heterocycles. The van der Waals surface area contributed by atoms with Crippen LogP contribution in [0.5, 0.6) is 5.75 Å². The monoisotopic (exact) mass is 452 g/mol. The molecule has 0 amide bonds. The largest absolute Gasteiger partial charge is 0.497 e. The van der Waals surface area contributed by atoms with Gasteiger partial charge in [0.1, 0.15) is 5.75 Å². The van der Waals surface area contributed by atoms with Gasteiger partial charge in [-0.05, 0) is 59.7 Å². The summed E-state index contributed by atoms with van der Waals surface area (Å²) in [5.41, 5.74) is 1.41. The first-order chi connectivity index (χ1) is 16.2. The summed E-state index contributed by atoms with van der Waals surface area (Å²) in [5.74, 6) is 1.59. The van der Waals surface area contributed by atoms with Crippen molar-refractivity contribution < 1.29 is 9.47 Å². The maximum absolute atomic E-state index is 12.9. The highest BCUT2D eigenvalue weighted by atomic mass is 16.5. The molecule has 9 nitrogen and oxygen atoms in total. The van der Waals surface area contributed by atoms with Gasteiger partial charge in [-0.1, -0.05) is 19.3 Å². The van der Waals surface area contributed by atoms with Crippen molar-refractivity contribution in [2.24, 2.45) is 0 Å². The summed E-state index contributed by atoms with van der Waals surface area (Å²) in [7, 11) is 1.62. The lowest BCUT2D eigenvalue weighted by Crippen LogP contribution is -2.34. The molecular weight excluding hydrogens is 420 g/mol. The molecule has 1 aliphatic carbocycles. The molecular formula is C24H32N6O3. The number of benzene rings is 1. The number of pyridine rings is 1. The van der Waals surface area contributed by atoms with E-state index in [1.54, 1.807) is 7.11 Å². The third kappa shape index (κ3) is 5.09. The summed E-state index contributed by atoms with van der Waals surface area (Å²) >= 11 is 0. The maximum Gasteiger partial charge on any atom is 0.252 e. The number of hydrogen-bond donors (Lipinski definition) is 1. The van der Waals surface area contributed by atoms with Crippen LogP contribution < -0.4 is 10.3 Å². The number of hydrogen-bond acceptors (Lipinski definition) is 7. The van der Waals surface area contributed by atoms with Crippen LogP contribution in [0, 0.1) is 0 Å². The Morgan fingerprint density at radius 3 is 2.82 bits per heavy atom. The van der Waals surface area contributed by atoms with Gasteiger partial charge in [-0.15, -0.1) is 5.10 Å². The highest BCUT2D eigenvalue weighted by Gasteiger charge is 2.25. The summed E-state index contributed by atoms with van der Waals surface area (Å²) in [6, 6.07) is 8.07. The second-order valence-corrected chi connectivity index (χ2v) is 9.21. The normalized spacial score (nSPS) is 19.5. The van der Waals surface area contributed by atoms with Crippen LogP contribution in [0.15, 0.2) is 29.1 Å². The van der Waals surface area contributed by atoms with E-state index in [4.69, 9.17) is 9.47 Å². The minimum atomic E-state index is -0.0834. The Morgan fingerprint density at radius 2 is 2.03 bits per heavy atom. The van der Waals surface area contributed by atoms with Gasteiger partial charge in [0.15, 0.2) is 5.82 Å². The van der Waals surface area contributed by atoms with Crippen LogP contribution in [0.25, 0.3) is 10.9 Å². The third-order valence-electron chi connectivity index (χ3n) is 6.86. The Hall–Kier alpha value is -2.78. The molecule has 3 heterocycles. The molecule has 0 spiro atoms. The lowest BCUT2D eigenvalue weighted by atomic mass is 9.95. The van der Waals surface area contributed by atoms with E-state index in [0.29, 0.717) is 19.1 Å². The Kier molecular flexibility index (Phi) is 6.68. The van der Waals surface area contributed by atoms with Gasteiger partial charge >= 0.3 is 0 Å². The number of rotatable bonds is 8. The molecule has 9 heteroatoms. The standard InChI is InChI=1S/C24H32N6O3/c1-32-20-10-9-17-12-18(24(31)25-22(17)13-20)14-29(15-21-8-5-11-33-21)16-23-26-27-28-30(23)19-6-3-2-4-7-19/h9-10,12-13,19,21H,2-8,11,14-16H2,1H3,(H,25,31). The number of fused-ring (bicyclic) bond motifs is 1. The fraction of sp³-hybridized carbons (Fsp3) is 0.583. The van der Waals surface area contributed by atoms with Gasteiger partial charge in [-0.3, -0.25) is 9.69 Å². The number of ether oxygens (including phenoxy) is 2. The topological polar surface area (TPSA) is 98.2 Å². The van der Waals surface area contributed by atoms with Gasteiger partial charge < -0.3 is 14.5 Å². The van der Waals surface area contributed by atoms with Crippen LogP contribution in [-0.2, 0) is 17.8 Å². The molecule has 2 fully saturated rings. The van der Waals surface area contributed by atoms with Crippen LogP contribution in [0.4, 0.5) is 0 Å². The SMILES string of the molecule is COc1ccc2cc(CN(Cc3nnnn3C3CCCCC3)CC3CCCO3)c(=O)[nH]c2c1. The molecule has 2 aliphatic rings. The van der Waals surface area contributed by atoms with Gasteiger partial charge in [-0.2, -0.15) is 0 Å². The van der Waals surface area contributed by atoms with E-state index in [2.05, 4.69) is 25.4 Å². The van der Waals surface area contributed by atoms with E-state index in [9.17, 15) is 4.79 Å².